The molecule has 5 heteroatoms. The minimum Gasteiger partial charge on any atom is -0.492 e. The monoisotopic (exact) mass is 238 g/mol. The van der Waals surface area contributed by atoms with E-state index in [1.807, 2.05) is 19.0 Å². The normalized spacial score (nSPS) is 12.5. The lowest BCUT2D eigenvalue weighted by Crippen LogP contribution is -2.20. The third-order valence-electron chi connectivity index (χ3n) is 2.31. The van der Waals surface area contributed by atoms with Gasteiger partial charge in [-0.15, -0.1) is 0 Å². The second-order valence-corrected chi connectivity index (χ2v) is 4.04. The summed E-state index contributed by atoms with van der Waals surface area (Å²) in [6.07, 6.45) is 0. The average molecular weight is 238 g/mol. The SMILES string of the molecule is CN(C)CCOc1ccc(C(N)C(=O)O)cc1. The first-order valence-electron chi connectivity index (χ1n) is 5.36. The maximum Gasteiger partial charge on any atom is 0.325 e. The highest BCUT2D eigenvalue weighted by Crippen LogP contribution is 2.16. The van der Waals surface area contributed by atoms with Gasteiger partial charge in [-0.3, -0.25) is 4.79 Å². The number of hydrogen-bond donors (Lipinski definition) is 2. The zero-order valence-electron chi connectivity index (χ0n) is 10.1. The van der Waals surface area contributed by atoms with Crippen LogP contribution in [0.5, 0.6) is 5.75 Å². The highest BCUT2D eigenvalue weighted by molar-refractivity contribution is 5.75. The molecule has 1 aromatic rings. The fraction of sp³-hybridized carbons (Fsp3) is 0.417. The molecule has 1 atom stereocenters. The molecule has 0 amide bonds. The molecule has 0 radical (unpaired) electrons. The third-order valence-corrected chi connectivity index (χ3v) is 2.31. The number of carbonyl (C=O) groups is 1. The Labute approximate surface area is 101 Å². The highest BCUT2D eigenvalue weighted by atomic mass is 16.5. The Balaban J connectivity index is 2.53. The van der Waals surface area contributed by atoms with E-state index in [1.165, 1.54) is 0 Å². The molecule has 1 unspecified atom stereocenters. The molecule has 0 aliphatic rings. The number of carboxylic acids is 1. The molecule has 17 heavy (non-hydrogen) atoms. The van der Waals surface area contributed by atoms with E-state index in [0.29, 0.717) is 17.9 Å². The summed E-state index contributed by atoms with van der Waals surface area (Å²) in [5, 5.41) is 8.75. The van der Waals surface area contributed by atoms with E-state index in [0.717, 1.165) is 6.54 Å². The number of benzene rings is 1. The Kier molecular flexibility index (Phi) is 4.93. The first-order chi connectivity index (χ1) is 8.00. The van der Waals surface area contributed by atoms with Gasteiger partial charge >= 0.3 is 5.97 Å². The molecule has 1 rings (SSSR count). The molecule has 0 heterocycles. The third kappa shape index (κ3) is 4.42. The summed E-state index contributed by atoms with van der Waals surface area (Å²) < 4.78 is 5.48. The van der Waals surface area contributed by atoms with E-state index >= 15 is 0 Å². The number of aliphatic carboxylic acids is 1. The molecule has 0 aliphatic heterocycles. The van der Waals surface area contributed by atoms with Crippen molar-refractivity contribution in [3.63, 3.8) is 0 Å². The van der Waals surface area contributed by atoms with Crippen LogP contribution >= 0.6 is 0 Å². The van der Waals surface area contributed by atoms with E-state index < -0.39 is 12.0 Å². The van der Waals surface area contributed by atoms with Crippen LogP contribution in [0.25, 0.3) is 0 Å². The van der Waals surface area contributed by atoms with E-state index in [4.69, 9.17) is 15.6 Å². The molecule has 0 aromatic heterocycles. The van der Waals surface area contributed by atoms with Crippen LogP contribution in [0.4, 0.5) is 0 Å². The van der Waals surface area contributed by atoms with Gasteiger partial charge in [0.1, 0.15) is 18.4 Å². The second kappa shape index (κ2) is 6.22. The van der Waals surface area contributed by atoms with E-state index in [-0.39, 0.29) is 0 Å². The molecule has 1 aromatic carbocycles. The van der Waals surface area contributed by atoms with Crippen molar-refractivity contribution in [1.82, 2.24) is 4.90 Å². The van der Waals surface area contributed by atoms with Crippen LogP contribution in [0, 0.1) is 0 Å². The summed E-state index contributed by atoms with van der Waals surface area (Å²) in [5.41, 5.74) is 6.05. The Morgan fingerprint density at radius 3 is 2.47 bits per heavy atom. The predicted molar refractivity (Wildman–Crippen MR) is 65.1 cm³/mol. The minimum absolute atomic E-state index is 0.567. The summed E-state index contributed by atoms with van der Waals surface area (Å²) in [6.45, 7) is 1.42. The average Bonchev–Trinajstić information content (AvgIpc) is 2.28. The van der Waals surface area contributed by atoms with Crippen LogP contribution in [0.2, 0.25) is 0 Å². The van der Waals surface area contributed by atoms with Crippen molar-refractivity contribution >= 4 is 5.97 Å². The molecular formula is C12H18N2O3. The van der Waals surface area contributed by atoms with Crippen LogP contribution in [0.1, 0.15) is 11.6 Å². The van der Waals surface area contributed by atoms with Crippen molar-refractivity contribution in [2.45, 2.75) is 6.04 Å². The van der Waals surface area contributed by atoms with Gasteiger partial charge in [0.25, 0.3) is 0 Å². The zero-order chi connectivity index (χ0) is 12.8. The number of carboxylic acid groups (broad SMARTS) is 1. The number of rotatable bonds is 6. The lowest BCUT2D eigenvalue weighted by Gasteiger charge is -2.12. The summed E-state index contributed by atoms with van der Waals surface area (Å²) >= 11 is 0. The standard InChI is InChI=1S/C12H18N2O3/c1-14(2)7-8-17-10-5-3-9(4-6-10)11(13)12(15)16/h3-6,11H,7-8,13H2,1-2H3,(H,15,16). The van der Waals surface area contributed by atoms with Crippen LogP contribution in [0.3, 0.4) is 0 Å². The van der Waals surface area contributed by atoms with Gasteiger partial charge in [-0.05, 0) is 31.8 Å². The maximum absolute atomic E-state index is 10.7. The van der Waals surface area contributed by atoms with Crippen molar-refractivity contribution in [2.24, 2.45) is 5.73 Å². The highest BCUT2D eigenvalue weighted by Gasteiger charge is 2.13. The van der Waals surface area contributed by atoms with E-state index in [9.17, 15) is 4.79 Å². The Morgan fingerprint density at radius 1 is 1.41 bits per heavy atom. The zero-order valence-corrected chi connectivity index (χ0v) is 10.1. The maximum atomic E-state index is 10.7. The van der Waals surface area contributed by atoms with Crippen molar-refractivity contribution in [3.05, 3.63) is 29.8 Å². The summed E-state index contributed by atoms with van der Waals surface area (Å²) in [6, 6.07) is 5.82. The minimum atomic E-state index is -1.04. The van der Waals surface area contributed by atoms with Gasteiger partial charge in [0, 0.05) is 6.54 Å². The van der Waals surface area contributed by atoms with Crippen LogP contribution in [-0.4, -0.2) is 43.2 Å². The quantitative estimate of drug-likeness (QED) is 0.763. The van der Waals surface area contributed by atoms with Crippen molar-refractivity contribution in [3.8, 4) is 5.75 Å². The molecule has 0 fully saturated rings. The largest absolute Gasteiger partial charge is 0.492 e. The lowest BCUT2D eigenvalue weighted by molar-refractivity contribution is -0.138. The van der Waals surface area contributed by atoms with Crippen LogP contribution < -0.4 is 10.5 Å². The number of likely N-dealkylation sites (N-methyl/N-ethyl adjacent to an activating group) is 1. The number of nitrogens with zero attached hydrogens (tertiary/aromatic N) is 1. The number of ether oxygens (including phenoxy) is 1. The summed E-state index contributed by atoms with van der Waals surface area (Å²) in [5.74, 6) is -0.320. The molecular weight excluding hydrogens is 220 g/mol. The van der Waals surface area contributed by atoms with Crippen molar-refractivity contribution in [2.75, 3.05) is 27.2 Å². The smallest absolute Gasteiger partial charge is 0.325 e. The van der Waals surface area contributed by atoms with Gasteiger partial charge < -0.3 is 20.5 Å². The number of nitrogens with two attached hydrogens (primary N) is 1. The van der Waals surface area contributed by atoms with E-state index in [1.54, 1.807) is 24.3 Å². The van der Waals surface area contributed by atoms with Gasteiger partial charge in [-0.2, -0.15) is 0 Å². The molecule has 3 N–H and O–H groups in total. The summed E-state index contributed by atoms with van der Waals surface area (Å²) in [4.78, 5) is 12.7. The van der Waals surface area contributed by atoms with Crippen molar-refractivity contribution < 1.29 is 14.6 Å². The van der Waals surface area contributed by atoms with Gasteiger partial charge in [0.2, 0.25) is 0 Å². The lowest BCUT2D eigenvalue weighted by atomic mass is 10.1. The molecule has 0 aliphatic carbocycles. The molecule has 5 nitrogen and oxygen atoms in total. The van der Waals surface area contributed by atoms with Crippen molar-refractivity contribution in [1.29, 1.82) is 0 Å². The Bertz CT molecular complexity index is 363. The molecule has 0 saturated heterocycles. The first kappa shape index (κ1) is 13.5. The topological polar surface area (TPSA) is 75.8 Å². The van der Waals surface area contributed by atoms with Crippen LogP contribution in [0.15, 0.2) is 24.3 Å². The second-order valence-electron chi connectivity index (χ2n) is 4.04. The van der Waals surface area contributed by atoms with Gasteiger partial charge in [-0.1, -0.05) is 12.1 Å². The van der Waals surface area contributed by atoms with Crippen LogP contribution in [-0.2, 0) is 4.79 Å². The number of hydrogen-bond acceptors (Lipinski definition) is 4. The molecule has 0 saturated carbocycles. The molecule has 0 bridgehead atoms. The van der Waals surface area contributed by atoms with Gasteiger partial charge in [0.05, 0.1) is 0 Å². The summed E-state index contributed by atoms with van der Waals surface area (Å²) in [7, 11) is 3.94. The fourth-order valence-electron chi connectivity index (χ4n) is 1.26. The van der Waals surface area contributed by atoms with E-state index in [2.05, 4.69) is 0 Å². The Hall–Kier alpha value is -1.59. The predicted octanol–water partition coefficient (Wildman–Crippen LogP) is 0.711. The Morgan fingerprint density at radius 2 is 2.00 bits per heavy atom. The van der Waals surface area contributed by atoms with Gasteiger partial charge in [-0.25, -0.2) is 0 Å². The fourth-order valence-corrected chi connectivity index (χ4v) is 1.26. The van der Waals surface area contributed by atoms with Gasteiger partial charge in [0.15, 0.2) is 0 Å². The first-order valence-corrected chi connectivity index (χ1v) is 5.36. The molecule has 0 spiro atoms. The molecule has 94 valence electrons.